The number of hydrogen-bond acceptors (Lipinski definition) is 5. The van der Waals surface area contributed by atoms with Gasteiger partial charge in [-0.25, -0.2) is 0 Å². The van der Waals surface area contributed by atoms with E-state index < -0.39 is 6.10 Å². The van der Waals surface area contributed by atoms with Crippen molar-refractivity contribution in [2.24, 2.45) is 5.92 Å². The number of ether oxygens (including phenoxy) is 2. The van der Waals surface area contributed by atoms with Crippen molar-refractivity contribution in [3.8, 4) is 5.75 Å². The number of nitrogens with one attached hydrogen (secondary N) is 1. The summed E-state index contributed by atoms with van der Waals surface area (Å²) < 4.78 is 11.7. The van der Waals surface area contributed by atoms with Crippen LogP contribution in [0.1, 0.15) is 12.0 Å². The van der Waals surface area contributed by atoms with Crippen LogP contribution in [0, 0.1) is 5.92 Å². The van der Waals surface area contributed by atoms with Crippen molar-refractivity contribution in [3.05, 3.63) is 66.2 Å². The molecule has 1 saturated carbocycles. The second-order valence-electron chi connectivity index (χ2n) is 7.71. The molecule has 1 heterocycles. The Morgan fingerprint density at radius 1 is 1.00 bits per heavy atom. The Morgan fingerprint density at radius 3 is 2.39 bits per heavy atom. The molecule has 2 aromatic carbocycles. The predicted molar refractivity (Wildman–Crippen MR) is 109 cm³/mol. The van der Waals surface area contributed by atoms with Gasteiger partial charge in [0, 0.05) is 32.2 Å². The highest BCUT2D eigenvalue weighted by Gasteiger charge is 2.46. The molecule has 1 aliphatic carbocycles. The SMILES string of the molecule is O[C@@H]1[C@@H](N2CCOCC2)[C@H](CNCc2ccccc2)C[C@H]1Oc1ccccc1. The van der Waals surface area contributed by atoms with Crippen LogP contribution >= 0.6 is 0 Å². The molecule has 2 N–H and O–H groups in total. The van der Waals surface area contributed by atoms with Gasteiger partial charge in [-0.1, -0.05) is 48.5 Å². The Labute approximate surface area is 167 Å². The molecule has 0 aromatic heterocycles. The summed E-state index contributed by atoms with van der Waals surface area (Å²) in [5.74, 6) is 1.16. The molecule has 5 nitrogen and oxygen atoms in total. The van der Waals surface area contributed by atoms with Gasteiger partial charge in [0.05, 0.1) is 13.2 Å². The van der Waals surface area contributed by atoms with Gasteiger partial charge in [0.25, 0.3) is 0 Å². The molecule has 1 aliphatic heterocycles. The fourth-order valence-electron chi connectivity index (χ4n) is 4.46. The lowest BCUT2D eigenvalue weighted by molar-refractivity contribution is -0.0387. The summed E-state index contributed by atoms with van der Waals surface area (Å²) in [7, 11) is 0. The van der Waals surface area contributed by atoms with E-state index in [2.05, 4.69) is 34.5 Å². The van der Waals surface area contributed by atoms with Gasteiger partial charge < -0.3 is 19.9 Å². The molecule has 0 unspecified atom stereocenters. The van der Waals surface area contributed by atoms with E-state index in [4.69, 9.17) is 9.47 Å². The quantitative estimate of drug-likeness (QED) is 0.770. The molecule has 0 amide bonds. The van der Waals surface area contributed by atoms with E-state index in [0.29, 0.717) is 5.92 Å². The first-order valence-corrected chi connectivity index (χ1v) is 10.3. The lowest BCUT2D eigenvalue weighted by atomic mass is 10.0. The third-order valence-corrected chi connectivity index (χ3v) is 5.83. The lowest BCUT2D eigenvalue weighted by Crippen LogP contribution is -2.52. The minimum atomic E-state index is -0.498. The first-order chi connectivity index (χ1) is 13.8. The van der Waals surface area contributed by atoms with Gasteiger partial charge in [0.2, 0.25) is 0 Å². The molecule has 0 spiro atoms. The normalized spacial score (nSPS) is 28.3. The van der Waals surface area contributed by atoms with Crippen molar-refractivity contribution in [3.63, 3.8) is 0 Å². The van der Waals surface area contributed by atoms with Crippen molar-refractivity contribution in [1.29, 1.82) is 0 Å². The van der Waals surface area contributed by atoms with Crippen LogP contribution in [0.15, 0.2) is 60.7 Å². The maximum absolute atomic E-state index is 11.1. The van der Waals surface area contributed by atoms with Crippen LogP contribution in [0.25, 0.3) is 0 Å². The molecule has 4 atom stereocenters. The summed E-state index contributed by atoms with van der Waals surface area (Å²) in [5, 5.41) is 14.7. The van der Waals surface area contributed by atoms with Crippen molar-refractivity contribution < 1.29 is 14.6 Å². The molecule has 0 radical (unpaired) electrons. The molecular weight excluding hydrogens is 352 g/mol. The molecule has 4 rings (SSSR count). The third kappa shape index (κ3) is 4.73. The van der Waals surface area contributed by atoms with E-state index >= 15 is 0 Å². The molecule has 5 heteroatoms. The zero-order valence-corrected chi connectivity index (χ0v) is 16.2. The Hall–Kier alpha value is -1.92. The highest BCUT2D eigenvalue weighted by molar-refractivity contribution is 5.22. The minimum Gasteiger partial charge on any atom is -0.488 e. The van der Waals surface area contributed by atoms with Crippen molar-refractivity contribution in [1.82, 2.24) is 10.2 Å². The van der Waals surface area contributed by atoms with Crippen LogP contribution < -0.4 is 10.1 Å². The van der Waals surface area contributed by atoms with Gasteiger partial charge >= 0.3 is 0 Å². The van der Waals surface area contributed by atoms with Gasteiger partial charge in [-0.3, -0.25) is 4.90 Å². The number of morpholine rings is 1. The van der Waals surface area contributed by atoms with E-state index in [1.165, 1.54) is 5.56 Å². The summed E-state index contributed by atoms with van der Waals surface area (Å²) in [6.07, 6.45) is 0.167. The molecule has 0 bridgehead atoms. The van der Waals surface area contributed by atoms with Crippen LogP contribution in [0.5, 0.6) is 5.75 Å². The van der Waals surface area contributed by atoms with Crippen LogP contribution in [-0.4, -0.2) is 61.1 Å². The fourth-order valence-corrected chi connectivity index (χ4v) is 4.46. The first kappa shape index (κ1) is 19.4. The summed E-state index contributed by atoms with van der Waals surface area (Å²) in [5.41, 5.74) is 1.28. The zero-order chi connectivity index (χ0) is 19.2. The topological polar surface area (TPSA) is 54.0 Å². The molecule has 28 heavy (non-hydrogen) atoms. The number of para-hydroxylation sites is 1. The summed E-state index contributed by atoms with van der Waals surface area (Å²) in [6.45, 7) is 4.91. The van der Waals surface area contributed by atoms with E-state index in [-0.39, 0.29) is 12.1 Å². The fraction of sp³-hybridized carbons (Fsp3) is 0.478. The number of aliphatic hydroxyl groups is 1. The zero-order valence-electron chi connectivity index (χ0n) is 16.2. The minimum absolute atomic E-state index is 0.0980. The molecule has 150 valence electrons. The third-order valence-electron chi connectivity index (χ3n) is 5.83. The smallest absolute Gasteiger partial charge is 0.126 e. The standard InChI is InChI=1S/C23H30N2O3/c26-23-21(28-20-9-5-2-6-10-20)15-19(22(23)25-11-13-27-14-12-25)17-24-16-18-7-3-1-4-8-18/h1-10,19,21-24,26H,11-17H2/t19-,21+,22-,23-/m0/s1. The Bertz CT molecular complexity index is 706. The van der Waals surface area contributed by atoms with Crippen molar-refractivity contribution >= 4 is 0 Å². The van der Waals surface area contributed by atoms with Crippen molar-refractivity contribution in [2.75, 3.05) is 32.8 Å². The van der Waals surface area contributed by atoms with E-state index in [1.807, 2.05) is 36.4 Å². The molecule has 2 aliphatic rings. The highest BCUT2D eigenvalue weighted by atomic mass is 16.5. The summed E-state index contributed by atoms with van der Waals surface area (Å²) >= 11 is 0. The second-order valence-corrected chi connectivity index (χ2v) is 7.71. The predicted octanol–water partition coefficient (Wildman–Crippen LogP) is 2.31. The van der Waals surface area contributed by atoms with Gasteiger partial charge in [-0.2, -0.15) is 0 Å². The van der Waals surface area contributed by atoms with Gasteiger partial charge in [-0.15, -0.1) is 0 Å². The van der Waals surface area contributed by atoms with Crippen LogP contribution in [0.4, 0.5) is 0 Å². The van der Waals surface area contributed by atoms with Crippen LogP contribution in [0.3, 0.4) is 0 Å². The maximum atomic E-state index is 11.1. The Balaban J connectivity index is 1.42. The van der Waals surface area contributed by atoms with Crippen molar-refractivity contribution in [2.45, 2.75) is 31.2 Å². The molecular formula is C23H30N2O3. The highest BCUT2D eigenvalue weighted by Crippen LogP contribution is 2.33. The van der Waals surface area contributed by atoms with Gasteiger partial charge in [0.1, 0.15) is 18.0 Å². The van der Waals surface area contributed by atoms with E-state index in [9.17, 15) is 5.11 Å². The monoisotopic (exact) mass is 382 g/mol. The number of rotatable bonds is 7. The average Bonchev–Trinajstić information content (AvgIpc) is 3.05. The van der Waals surface area contributed by atoms with Crippen LogP contribution in [-0.2, 0) is 11.3 Å². The second kappa shape index (κ2) is 9.52. The van der Waals surface area contributed by atoms with Crippen LogP contribution in [0.2, 0.25) is 0 Å². The van der Waals surface area contributed by atoms with E-state index in [1.54, 1.807) is 0 Å². The number of hydrogen-bond donors (Lipinski definition) is 2. The summed E-state index contributed by atoms with van der Waals surface area (Å²) in [4.78, 5) is 2.39. The summed E-state index contributed by atoms with van der Waals surface area (Å²) in [6, 6.07) is 20.4. The average molecular weight is 383 g/mol. The largest absolute Gasteiger partial charge is 0.488 e. The Morgan fingerprint density at radius 2 is 1.68 bits per heavy atom. The lowest BCUT2D eigenvalue weighted by Gasteiger charge is -2.37. The maximum Gasteiger partial charge on any atom is 0.126 e. The molecule has 2 aromatic rings. The molecule has 1 saturated heterocycles. The van der Waals surface area contributed by atoms with Gasteiger partial charge in [0.15, 0.2) is 0 Å². The number of benzene rings is 2. The number of nitrogens with zero attached hydrogens (tertiary/aromatic N) is 1. The molecule has 2 fully saturated rings. The Kier molecular flexibility index (Phi) is 6.60. The van der Waals surface area contributed by atoms with Gasteiger partial charge in [-0.05, 0) is 30.0 Å². The number of aliphatic hydroxyl groups excluding tert-OH is 1. The first-order valence-electron chi connectivity index (χ1n) is 10.3. The van der Waals surface area contributed by atoms with E-state index in [0.717, 1.165) is 51.6 Å².